The van der Waals surface area contributed by atoms with Crippen molar-refractivity contribution in [2.24, 2.45) is 17.8 Å². The first-order valence-electron chi connectivity index (χ1n) is 14.5. The van der Waals surface area contributed by atoms with Crippen LogP contribution in [0.2, 0.25) is 0 Å². The fourth-order valence-corrected chi connectivity index (χ4v) is 7.04. The number of rotatable bonds is 8. The summed E-state index contributed by atoms with van der Waals surface area (Å²) in [5, 5.41) is 6.25. The maximum atomic E-state index is 14.2. The summed E-state index contributed by atoms with van der Waals surface area (Å²) in [5.41, 5.74) is 0.352. The van der Waals surface area contributed by atoms with Crippen molar-refractivity contribution in [2.75, 3.05) is 11.9 Å². The molecule has 40 heavy (non-hydrogen) atoms. The zero-order valence-corrected chi connectivity index (χ0v) is 23.0. The number of carbonyl (C=O) groups excluding carboxylic acids is 3. The average Bonchev–Trinajstić information content (AvgIpc) is 3.59. The van der Waals surface area contributed by atoms with Crippen molar-refractivity contribution in [3.63, 3.8) is 0 Å². The van der Waals surface area contributed by atoms with Gasteiger partial charge in [0.2, 0.25) is 17.7 Å². The Morgan fingerprint density at radius 1 is 1.05 bits per heavy atom. The molecule has 0 aromatic heterocycles. The summed E-state index contributed by atoms with van der Waals surface area (Å²) in [4.78, 5) is 43.5. The van der Waals surface area contributed by atoms with Crippen LogP contribution in [0.25, 0.3) is 0 Å². The zero-order valence-electron chi connectivity index (χ0n) is 23.0. The summed E-state index contributed by atoms with van der Waals surface area (Å²) in [6.45, 7) is 4.91. The highest BCUT2D eigenvalue weighted by Gasteiger charge is 2.72. The molecule has 0 unspecified atom stereocenters. The standard InChI is InChI=1S/C32H37N3O5/c1-3-39-23-15-13-22(14-16-23)33-29(36)26-25-17-18-32(40-25)27(26)31(38)35(19-21-10-5-4-6-11-21)28(32)30(37)34-24-12-8-7-9-20(24)2/h4-6,10-11,13-18,20,24-28H,3,7-9,12,19H2,1-2H3,(H,33,36)(H,34,37)/t20-,24+,25-,26+,27-,28-,32-/m0/s1. The largest absolute Gasteiger partial charge is 0.494 e. The highest BCUT2D eigenvalue weighted by Crippen LogP contribution is 2.55. The Kier molecular flexibility index (Phi) is 7.13. The summed E-state index contributed by atoms with van der Waals surface area (Å²) in [7, 11) is 0. The first-order chi connectivity index (χ1) is 19.4. The lowest BCUT2D eigenvalue weighted by molar-refractivity contribution is -0.142. The highest BCUT2D eigenvalue weighted by molar-refractivity contribution is 6.02. The number of likely N-dealkylation sites (tertiary alicyclic amines) is 1. The molecule has 2 aromatic carbocycles. The molecular formula is C32H37N3O5. The molecule has 4 aliphatic rings. The number of anilines is 1. The molecule has 2 N–H and O–H groups in total. The monoisotopic (exact) mass is 543 g/mol. The Hall–Kier alpha value is -3.65. The van der Waals surface area contributed by atoms with Crippen LogP contribution in [-0.4, -0.2) is 53.0 Å². The van der Waals surface area contributed by atoms with Gasteiger partial charge in [0.1, 0.15) is 17.4 Å². The Morgan fingerprint density at radius 3 is 2.52 bits per heavy atom. The van der Waals surface area contributed by atoms with E-state index in [2.05, 4.69) is 17.6 Å². The van der Waals surface area contributed by atoms with Crippen molar-refractivity contribution >= 4 is 23.4 Å². The van der Waals surface area contributed by atoms with Gasteiger partial charge in [-0.15, -0.1) is 0 Å². The van der Waals surface area contributed by atoms with Gasteiger partial charge < -0.3 is 25.0 Å². The molecule has 3 aliphatic heterocycles. The molecule has 3 amide bonds. The Bertz CT molecular complexity index is 1300. The van der Waals surface area contributed by atoms with Gasteiger partial charge in [-0.3, -0.25) is 14.4 Å². The lowest BCUT2D eigenvalue weighted by Crippen LogP contribution is -2.57. The van der Waals surface area contributed by atoms with Gasteiger partial charge in [0.25, 0.3) is 0 Å². The van der Waals surface area contributed by atoms with E-state index in [1.54, 1.807) is 29.2 Å². The number of amides is 3. The summed E-state index contributed by atoms with van der Waals surface area (Å²) >= 11 is 0. The van der Waals surface area contributed by atoms with Crippen LogP contribution in [0.5, 0.6) is 5.75 Å². The summed E-state index contributed by atoms with van der Waals surface area (Å²) < 4.78 is 12.0. The first kappa shape index (κ1) is 26.6. The predicted molar refractivity (Wildman–Crippen MR) is 150 cm³/mol. The van der Waals surface area contributed by atoms with E-state index < -0.39 is 29.6 Å². The third kappa shape index (κ3) is 4.58. The summed E-state index contributed by atoms with van der Waals surface area (Å²) in [6, 6.07) is 16.0. The smallest absolute Gasteiger partial charge is 0.246 e. The molecule has 6 rings (SSSR count). The van der Waals surface area contributed by atoms with Gasteiger partial charge in [0.05, 0.1) is 24.5 Å². The number of carbonyl (C=O) groups is 3. The Morgan fingerprint density at radius 2 is 1.80 bits per heavy atom. The minimum atomic E-state index is -1.18. The lowest BCUT2D eigenvalue weighted by Gasteiger charge is -2.36. The molecular weight excluding hydrogens is 506 g/mol. The van der Waals surface area contributed by atoms with Gasteiger partial charge >= 0.3 is 0 Å². The van der Waals surface area contributed by atoms with Crippen molar-refractivity contribution in [3.05, 3.63) is 72.3 Å². The fourth-order valence-electron chi connectivity index (χ4n) is 7.04. The number of hydrogen-bond acceptors (Lipinski definition) is 5. The molecule has 3 heterocycles. The second-order valence-electron chi connectivity index (χ2n) is 11.5. The van der Waals surface area contributed by atoms with Gasteiger partial charge in [-0.2, -0.15) is 0 Å². The number of benzene rings is 2. The molecule has 2 aromatic rings. The van der Waals surface area contributed by atoms with Gasteiger partial charge in [0.15, 0.2) is 0 Å². The maximum absolute atomic E-state index is 14.2. The number of fused-ring (bicyclic) bond motifs is 1. The lowest BCUT2D eigenvalue weighted by atomic mass is 9.74. The van der Waals surface area contributed by atoms with E-state index in [0.29, 0.717) is 24.0 Å². The van der Waals surface area contributed by atoms with Crippen LogP contribution in [-0.2, 0) is 25.7 Å². The fraction of sp³-hybridized carbons (Fsp3) is 0.469. The van der Waals surface area contributed by atoms with Crippen molar-refractivity contribution in [1.82, 2.24) is 10.2 Å². The number of nitrogens with one attached hydrogen (secondary N) is 2. The molecule has 8 heteroatoms. The van der Waals surface area contributed by atoms with Crippen LogP contribution in [0.4, 0.5) is 5.69 Å². The molecule has 7 atom stereocenters. The third-order valence-corrected chi connectivity index (χ3v) is 8.99. The van der Waals surface area contributed by atoms with Gasteiger partial charge in [0, 0.05) is 18.3 Å². The highest BCUT2D eigenvalue weighted by atomic mass is 16.5. The van der Waals surface area contributed by atoms with Crippen LogP contribution in [0.3, 0.4) is 0 Å². The molecule has 1 aliphatic carbocycles. The minimum Gasteiger partial charge on any atom is -0.494 e. The number of nitrogens with zero attached hydrogens (tertiary/aromatic N) is 1. The molecule has 2 bridgehead atoms. The van der Waals surface area contributed by atoms with E-state index in [-0.39, 0.29) is 30.3 Å². The Balaban J connectivity index is 1.29. The number of ether oxygens (including phenoxy) is 2. The van der Waals surface area contributed by atoms with Crippen LogP contribution < -0.4 is 15.4 Å². The van der Waals surface area contributed by atoms with E-state index in [0.717, 1.165) is 24.8 Å². The van der Waals surface area contributed by atoms with E-state index >= 15 is 0 Å². The van der Waals surface area contributed by atoms with Crippen LogP contribution in [0.15, 0.2) is 66.7 Å². The second kappa shape index (κ2) is 10.7. The normalized spacial score (nSPS) is 32.1. The molecule has 3 fully saturated rings. The van der Waals surface area contributed by atoms with Gasteiger partial charge in [-0.25, -0.2) is 0 Å². The molecule has 1 spiro atoms. The molecule has 1 saturated carbocycles. The molecule has 2 saturated heterocycles. The maximum Gasteiger partial charge on any atom is 0.246 e. The molecule has 0 radical (unpaired) electrons. The molecule has 8 nitrogen and oxygen atoms in total. The van der Waals surface area contributed by atoms with Crippen molar-refractivity contribution in [1.29, 1.82) is 0 Å². The van der Waals surface area contributed by atoms with E-state index in [4.69, 9.17) is 9.47 Å². The minimum absolute atomic E-state index is 0.0618. The summed E-state index contributed by atoms with van der Waals surface area (Å²) in [5.74, 6) is -1.16. The summed E-state index contributed by atoms with van der Waals surface area (Å²) in [6.07, 6.45) is 7.38. The molecule has 210 valence electrons. The zero-order chi connectivity index (χ0) is 27.9. The topological polar surface area (TPSA) is 97.0 Å². The van der Waals surface area contributed by atoms with E-state index in [1.807, 2.05) is 49.4 Å². The average molecular weight is 544 g/mol. The number of hydrogen-bond donors (Lipinski definition) is 2. The van der Waals surface area contributed by atoms with Crippen LogP contribution in [0, 0.1) is 17.8 Å². The SMILES string of the molecule is CCOc1ccc(NC(=O)[C@@H]2[C@@H]3C=C[C@]4(O3)[C@@H]2C(=O)N(Cc2ccccc2)[C@H]4C(=O)N[C@@H]2CCCC[C@@H]2C)cc1. The van der Waals surface area contributed by atoms with E-state index in [1.165, 1.54) is 6.42 Å². The van der Waals surface area contributed by atoms with Gasteiger partial charge in [-0.1, -0.05) is 62.2 Å². The third-order valence-electron chi connectivity index (χ3n) is 8.99. The Labute approximate surface area is 235 Å². The van der Waals surface area contributed by atoms with E-state index in [9.17, 15) is 14.4 Å². The van der Waals surface area contributed by atoms with Crippen molar-refractivity contribution in [3.8, 4) is 5.75 Å². The van der Waals surface area contributed by atoms with Crippen molar-refractivity contribution in [2.45, 2.75) is 69.9 Å². The van der Waals surface area contributed by atoms with Gasteiger partial charge in [-0.05, 0) is 55.5 Å². The second-order valence-corrected chi connectivity index (χ2v) is 11.5. The first-order valence-corrected chi connectivity index (χ1v) is 14.5. The predicted octanol–water partition coefficient (Wildman–Crippen LogP) is 4.07. The van der Waals surface area contributed by atoms with Crippen molar-refractivity contribution < 1.29 is 23.9 Å². The quantitative estimate of drug-likeness (QED) is 0.490. The van der Waals surface area contributed by atoms with Crippen LogP contribution >= 0.6 is 0 Å². The van der Waals surface area contributed by atoms with Crippen LogP contribution in [0.1, 0.15) is 45.1 Å².